The zero-order valence-corrected chi connectivity index (χ0v) is 15.6. The second-order valence-corrected chi connectivity index (χ2v) is 7.43. The van der Waals surface area contributed by atoms with Crippen molar-refractivity contribution in [3.05, 3.63) is 70.8 Å². The monoisotopic (exact) mass is 354 g/mol. The van der Waals surface area contributed by atoms with E-state index in [0.29, 0.717) is 6.54 Å². The molecule has 0 saturated carbocycles. The lowest BCUT2D eigenvalue weighted by atomic mass is 10.1. The molecule has 4 heteroatoms. The minimum Gasteiger partial charge on any atom is -0.348 e. The molecule has 3 rings (SSSR count). The Kier molecular flexibility index (Phi) is 6.54. The van der Waals surface area contributed by atoms with Gasteiger partial charge in [0.1, 0.15) is 0 Å². The number of rotatable bonds is 7. The van der Waals surface area contributed by atoms with E-state index in [4.69, 9.17) is 0 Å². The van der Waals surface area contributed by atoms with Gasteiger partial charge in [-0.05, 0) is 61.0 Å². The fraction of sp³-hybridized carbons (Fsp3) is 0.381. The van der Waals surface area contributed by atoms with Crippen LogP contribution in [-0.4, -0.2) is 30.2 Å². The summed E-state index contributed by atoms with van der Waals surface area (Å²) in [6, 6.07) is 16.3. The van der Waals surface area contributed by atoms with Gasteiger partial charge in [-0.15, -0.1) is 0 Å². The van der Waals surface area contributed by atoms with Gasteiger partial charge in [0.05, 0.1) is 0 Å². The maximum absolute atomic E-state index is 12.5. The summed E-state index contributed by atoms with van der Waals surface area (Å²) in [6.45, 7) is 3.93. The maximum Gasteiger partial charge on any atom is 0.251 e. The first-order valence-electron chi connectivity index (χ1n) is 8.91. The highest BCUT2D eigenvalue weighted by molar-refractivity contribution is 7.97. The van der Waals surface area contributed by atoms with Crippen LogP contribution in [0, 0.1) is 0 Å². The van der Waals surface area contributed by atoms with E-state index < -0.39 is 0 Å². The summed E-state index contributed by atoms with van der Waals surface area (Å²) < 4.78 is 0. The van der Waals surface area contributed by atoms with Gasteiger partial charge >= 0.3 is 0 Å². The Balaban J connectivity index is 1.63. The fourth-order valence-electron chi connectivity index (χ4n) is 3.31. The van der Waals surface area contributed by atoms with Crippen LogP contribution in [-0.2, 0) is 18.8 Å². The number of hydrogen-bond donors (Lipinski definition) is 1. The van der Waals surface area contributed by atoms with Gasteiger partial charge < -0.3 is 5.32 Å². The summed E-state index contributed by atoms with van der Waals surface area (Å²) in [7, 11) is 0. The number of carbonyl (C=O) groups is 1. The number of nitrogens with zero attached hydrogens (tertiary/aromatic N) is 1. The fourth-order valence-corrected chi connectivity index (χ4v) is 3.83. The molecule has 1 aliphatic rings. The highest BCUT2D eigenvalue weighted by atomic mass is 32.2. The van der Waals surface area contributed by atoms with Gasteiger partial charge in [0.25, 0.3) is 5.91 Å². The molecule has 0 atom stereocenters. The average Bonchev–Trinajstić information content (AvgIpc) is 3.14. The maximum atomic E-state index is 12.5. The van der Waals surface area contributed by atoms with Gasteiger partial charge in [0.15, 0.2) is 0 Å². The van der Waals surface area contributed by atoms with Crippen molar-refractivity contribution in [3.8, 4) is 0 Å². The second-order valence-electron chi connectivity index (χ2n) is 6.57. The quantitative estimate of drug-likeness (QED) is 0.813. The van der Waals surface area contributed by atoms with Gasteiger partial charge in [-0.25, -0.2) is 0 Å². The molecule has 1 saturated heterocycles. The summed E-state index contributed by atoms with van der Waals surface area (Å²) in [6.07, 6.45) is 4.67. The third-order valence-electron chi connectivity index (χ3n) is 4.65. The molecule has 3 nitrogen and oxygen atoms in total. The summed E-state index contributed by atoms with van der Waals surface area (Å²) in [5, 5.41) is 3.09. The molecule has 0 aromatic heterocycles. The van der Waals surface area contributed by atoms with Crippen LogP contribution in [0.4, 0.5) is 0 Å². The molecule has 25 heavy (non-hydrogen) atoms. The normalized spacial score (nSPS) is 14.6. The van der Waals surface area contributed by atoms with Crippen molar-refractivity contribution in [2.45, 2.75) is 31.7 Å². The molecule has 2 aromatic carbocycles. The standard InChI is InChI=1S/C21H26N2OS/c1-25-16-17-7-6-10-18(13-17)21(24)22-14-19-8-2-3-9-20(19)15-23-11-4-5-12-23/h2-3,6-10,13H,4-5,11-12,14-16H2,1H3,(H,22,24). The molecule has 132 valence electrons. The van der Waals surface area contributed by atoms with Crippen LogP contribution in [0.15, 0.2) is 48.5 Å². The Morgan fingerprint density at radius 2 is 1.84 bits per heavy atom. The molecular weight excluding hydrogens is 328 g/mol. The SMILES string of the molecule is CSCc1cccc(C(=O)NCc2ccccc2CN2CCCC2)c1. The lowest BCUT2D eigenvalue weighted by molar-refractivity contribution is 0.0950. The van der Waals surface area contributed by atoms with Crippen molar-refractivity contribution in [1.82, 2.24) is 10.2 Å². The highest BCUT2D eigenvalue weighted by Gasteiger charge is 2.14. The molecular formula is C21H26N2OS. The first-order valence-corrected chi connectivity index (χ1v) is 10.3. The van der Waals surface area contributed by atoms with Crippen LogP contribution in [0.25, 0.3) is 0 Å². The van der Waals surface area contributed by atoms with Crippen LogP contribution >= 0.6 is 11.8 Å². The van der Waals surface area contributed by atoms with E-state index >= 15 is 0 Å². The lowest BCUT2D eigenvalue weighted by Gasteiger charge is -2.17. The summed E-state index contributed by atoms with van der Waals surface area (Å²) in [4.78, 5) is 15.0. The number of benzene rings is 2. The number of hydrogen-bond acceptors (Lipinski definition) is 3. The molecule has 1 N–H and O–H groups in total. The smallest absolute Gasteiger partial charge is 0.251 e. The molecule has 2 aromatic rings. The second kappa shape index (κ2) is 9.07. The topological polar surface area (TPSA) is 32.3 Å². The van der Waals surface area contributed by atoms with E-state index in [2.05, 4.69) is 40.7 Å². The van der Waals surface area contributed by atoms with Crippen LogP contribution in [0.3, 0.4) is 0 Å². The summed E-state index contributed by atoms with van der Waals surface area (Å²) >= 11 is 1.77. The first-order chi connectivity index (χ1) is 12.3. The van der Waals surface area contributed by atoms with Crippen LogP contribution < -0.4 is 5.32 Å². The van der Waals surface area contributed by atoms with Crippen molar-refractivity contribution in [2.24, 2.45) is 0 Å². The Morgan fingerprint density at radius 1 is 1.08 bits per heavy atom. The van der Waals surface area contributed by atoms with Crippen LogP contribution in [0.1, 0.15) is 39.9 Å². The summed E-state index contributed by atoms with van der Waals surface area (Å²) in [5.41, 5.74) is 4.46. The highest BCUT2D eigenvalue weighted by Crippen LogP contribution is 2.16. The van der Waals surface area contributed by atoms with Crippen molar-refractivity contribution in [3.63, 3.8) is 0 Å². The number of amides is 1. The van der Waals surface area contributed by atoms with E-state index in [1.54, 1.807) is 11.8 Å². The molecule has 0 spiro atoms. The Morgan fingerprint density at radius 3 is 2.60 bits per heavy atom. The zero-order chi connectivity index (χ0) is 17.5. The van der Waals surface area contributed by atoms with Crippen molar-refractivity contribution in [2.75, 3.05) is 19.3 Å². The van der Waals surface area contributed by atoms with Crippen LogP contribution in [0.2, 0.25) is 0 Å². The predicted octanol–water partition coefficient (Wildman–Crippen LogP) is 4.08. The Bertz CT molecular complexity index is 711. The first kappa shape index (κ1) is 18.0. The molecule has 1 heterocycles. The lowest BCUT2D eigenvalue weighted by Crippen LogP contribution is -2.25. The third kappa shape index (κ3) is 5.10. The number of nitrogens with one attached hydrogen (secondary N) is 1. The molecule has 0 aliphatic carbocycles. The minimum absolute atomic E-state index is 0.000992. The molecule has 0 bridgehead atoms. The number of carbonyl (C=O) groups excluding carboxylic acids is 1. The van der Waals surface area contributed by atoms with E-state index in [1.165, 1.54) is 42.6 Å². The van der Waals surface area contributed by atoms with Crippen molar-refractivity contribution in [1.29, 1.82) is 0 Å². The van der Waals surface area contributed by atoms with Crippen molar-refractivity contribution < 1.29 is 4.79 Å². The molecule has 1 aliphatic heterocycles. The third-order valence-corrected chi connectivity index (χ3v) is 5.27. The van der Waals surface area contributed by atoms with Crippen molar-refractivity contribution >= 4 is 17.7 Å². The van der Waals surface area contributed by atoms with Gasteiger partial charge in [0, 0.05) is 24.4 Å². The largest absolute Gasteiger partial charge is 0.348 e. The minimum atomic E-state index is -0.000992. The average molecular weight is 355 g/mol. The number of likely N-dealkylation sites (tertiary alicyclic amines) is 1. The van der Waals surface area contributed by atoms with Crippen LogP contribution in [0.5, 0.6) is 0 Å². The summed E-state index contributed by atoms with van der Waals surface area (Å²) in [5.74, 6) is 0.929. The van der Waals surface area contributed by atoms with Gasteiger partial charge in [0.2, 0.25) is 0 Å². The molecule has 0 unspecified atom stereocenters. The Hall–Kier alpha value is -1.78. The molecule has 1 amide bonds. The molecule has 0 radical (unpaired) electrons. The van der Waals surface area contributed by atoms with Gasteiger partial charge in [-0.2, -0.15) is 11.8 Å². The van der Waals surface area contributed by atoms with E-state index in [0.717, 1.165) is 17.9 Å². The zero-order valence-electron chi connectivity index (χ0n) is 14.8. The van der Waals surface area contributed by atoms with Gasteiger partial charge in [-0.1, -0.05) is 36.4 Å². The number of thioether (sulfide) groups is 1. The van der Waals surface area contributed by atoms with E-state index in [1.807, 2.05) is 24.3 Å². The molecule has 1 fully saturated rings. The Labute approximate surface area is 154 Å². The van der Waals surface area contributed by atoms with E-state index in [-0.39, 0.29) is 5.91 Å². The van der Waals surface area contributed by atoms with E-state index in [9.17, 15) is 4.79 Å². The predicted molar refractivity (Wildman–Crippen MR) is 106 cm³/mol. The van der Waals surface area contributed by atoms with Gasteiger partial charge in [-0.3, -0.25) is 9.69 Å².